The van der Waals surface area contributed by atoms with Crippen molar-refractivity contribution in [1.29, 1.82) is 0 Å². The van der Waals surface area contributed by atoms with Crippen LogP contribution in [-0.2, 0) is 14.3 Å². The zero-order chi connectivity index (χ0) is 17.6. The topological polar surface area (TPSA) is 84.5 Å². The van der Waals surface area contributed by atoms with E-state index >= 15 is 0 Å². The van der Waals surface area contributed by atoms with Crippen LogP contribution in [0.1, 0.15) is 38.1 Å². The van der Waals surface area contributed by atoms with Crippen LogP contribution < -0.4 is 10.6 Å². The molecule has 0 aliphatic rings. The molecule has 6 nitrogen and oxygen atoms in total. The number of nitrogens with one attached hydrogen (secondary N) is 2. The van der Waals surface area contributed by atoms with Crippen LogP contribution in [0.5, 0.6) is 0 Å². The van der Waals surface area contributed by atoms with Gasteiger partial charge in [-0.15, -0.1) is 0 Å². The Morgan fingerprint density at radius 3 is 2.13 bits per heavy atom. The van der Waals surface area contributed by atoms with E-state index in [9.17, 15) is 14.4 Å². The molecule has 0 radical (unpaired) electrons. The summed E-state index contributed by atoms with van der Waals surface area (Å²) in [6.07, 6.45) is 0. The summed E-state index contributed by atoms with van der Waals surface area (Å²) in [5.74, 6) is -1.46. The van der Waals surface area contributed by atoms with Crippen molar-refractivity contribution in [3.05, 3.63) is 35.9 Å². The highest BCUT2D eigenvalue weighted by atomic mass is 16.5. The summed E-state index contributed by atoms with van der Waals surface area (Å²) in [6, 6.07) is 7.85. The third-order valence-corrected chi connectivity index (χ3v) is 3.44. The minimum absolute atomic E-state index is 0.132. The van der Waals surface area contributed by atoms with Crippen LogP contribution >= 0.6 is 0 Å². The van der Waals surface area contributed by atoms with Gasteiger partial charge in [0.25, 0.3) is 5.91 Å². The third kappa shape index (κ3) is 5.09. The van der Waals surface area contributed by atoms with Crippen molar-refractivity contribution in [2.75, 3.05) is 7.11 Å². The average Bonchev–Trinajstić information content (AvgIpc) is 2.51. The molecule has 1 aromatic rings. The Hall–Kier alpha value is -2.37. The van der Waals surface area contributed by atoms with E-state index < -0.39 is 23.5 Å². The Morgan fingerprint density at radius 2 is 1.65 bits per heavy atom. The Balaban J connectivity index is 2.80. The number of hydrogen-bond acceptors (Lipinski definition) is 4. The first-order valence-electron chi connectivity index (χ1n) is 7.45. The van der Waals surface area contributed by atoms with Crippen LogP contribution in [0.3, 0.4) is 0 Å². The van der Waals surface area contributed by atoms with Crippen LogP contribution in [0.15, 0.2) is 30.3 Å². The minimum atomic E-state index is -1.17. The molecule has 2 N–H and O–H groups in total. The van der Waals surface area contributed by atoms with Gasteiger partial charge in [-0.2, -0.15) is 0 Å². The SMILES string of the molecule is COC(=O)[C@@H](NC(=O)C(C)(C)NC(=O)c1ccccc1)C(C)C. The maximum Gasteiger partial charge on any atom is 0.328 e. The molecule has 0 saturated carbocycles. The van der Waals surface area contributed by atoms with E-state index in [0.717, 1.165) is 0 Å². The molecule has 2 amide bonds. The van der Waals surface area contributed by atoms with Gasteiger partial charge in [0.1, 0.15) is 11.6 Å². The standard InChI is InChI=1S/C17H24N2O4/c1-11(2)13(15(21)23-5)18-16(22)17(3,4)19-14(20)12-9-7-6-8-10-12/h6-11,13H,1-5H3,(H,18,22)(H,19,20)/t13-/m0/s1. The van der Waals surface area contributed by atoms with Crippen LogP contribution in [0, 0.1) is 5.92 Å². The molecule has 6 heteroatoms. The van der Waals surface area contributed by atoms with E-state index in [4.69, 9.17) is 4.74 Å². The number of benzene rings is 1. The first-order valence-corrected chi connectivity index (χ1v) is 7.45. The van der Waals surface area contributed by atoms with Crippen molar-refractivity contribution >= 4 is 17.8 Å². The summed E-state index contributed by atoms with van der Waals surface area (Å²) in [6.45, 7) is 6.77. The molecule has 0 spiro atoms. The van der Waals surface area contributed by atoms with Crippen LogP contribution in [-0.4, -0.2) is 36.5 Å². The fourth-order valence-electron chi connectivity index (χ4n) is 1.95. The van der Waals surface area contributed by atoms with Gasteiger partial charge in [-0.3, -0.25) is 9.59 Å². The van der Waals surface area contributed by atoms with Crippen molar-refractivity contribution in [3.8, 4) is 0 Å². The number of carbonyl (C=O) groups is 3. The van der Waals surface area contributed by atoms with Gasteiger partial charge in [-0.1, -0.05) is 32.0 Å². The number of amides is 2. The maximum atomic E-state index is 12.4. The highest BCUT2D eigenvalue weighted by Gasteiger charge is 2.34. The van der Waals surface area contributed by atoms with Crippen LogP contribution in [0.25, 0.3) is 0 Å². The van der Waals surface area contributed by atoms with Crippen molar-refractivity contribution in [2.45, 2.75) is 39.3 Å². The lowest BCUT2D eigenvalue weighted by Gasteiger charge is -2.28. The first-order chi connectivity index (χ1) is 10.7. The number of rotatable bonds is 6. The molecule has 23 heavy (non-hydrogen) atoms. The van der Waals surface area contributed by atoms with Gasteiger partial charge in [-0.25, -0.2) is 4.79 Å². The maximum absolute atomic E-state index is 12.4. The van der Waals surface area contributed by atoms with Gasteiger partial charge in [0.15, 0.2) is 0 Å². The largest absolute Gasteiger partial charge is 0.467 e. The number of methoxy groups -OCH3 is 1. The van der Waals surface area contributed by atoms with E-state index in [-0.39, 0.29) is 11.8 Å². The molecule has 1 aromatic carbocycles. The number of ether oxygens (including phenoxy) is 1. The van der Waals surface area contributed by atoms with Gasteiger partial charge in [-0.05, 0) is 31.9 Å². The fraction of sp³-hybridized carbons (Fsp3) is 0.471. The molecule has 0 aliphatic carbocycles. The molecule has 0 fully saturated rings. The second kappa shape index (κ2) is 7.76. The summed E-state index contributed by atoms with van der Waals surface area (Å²) < 4.78 is 4.70. The molecule has 0 saturated heterocycles. The summed E-state index contributed by atoms with van der Waals surface area (Å²) in [4.78, 5) is 36.4. The van der Waals surface area contributed by atoms with Crippen LogP contribution in [0.2, 0.25) is 0 Å². The van der Waals surface area contributed by atoms with Crippen LogP contribution in [0.4, 0.5) is 0 Å². The molecule has 1 rings (SSSR count). The molecular weight excluding hydrogens is 296 g/mol. The summed E-state index contributed by atoms with van der Waals surface area (Å²) in [7, 11) is 1.27. The monoisotopic (exact) mass is 320 g/mol. The van der Waals surface area contributed by atoms with E-state index in [1.165, 1.54) is 7.11 Å². The minimum Gasteiger partial charge on any atom is -0.467 e. The van der Waals surface area contributed by atoms with E-state index in [1.54, 1.807) is 58.0 Å². The lowest BCUT2D eigenvalue weighted by molar-refractivity contribution is -0.147. The van der Waals surface area contributed by atoms with Gasteiger partial charge in [0.05, 0.1) is 7.11 Å². The molecule has 1 atom stereocenters. The van der Waals surface area contributed by atoms with E-state index in [2.05, 4.69) is 10.6 Å². The quantitative estimate of drug-likeness (QED) is 0.778. The first kappa shape index (κ1) is 18.7. The Labute approximate surface area is 136 Å². The predicted octanol–water partition coefficient (Wildman–Crippen LogP) is 1.51. The summed E-state index contributed by atoms with van der Waals surface area (Å²) >= 11 is 0. The highest BCUT2D eigenvalue weighted by molar-refractivity contribution is 5.99. The predicted molar refractivity (Wildman–Crippen MR) is 86.8 cm³/mol. The molecule has 126 valence electrons. The van der Waals surface area contributed by atoms with Gasteiger partial charge < -0.3 is 15.4 Å². The third-order valence-electron chi connectivity index (χ3n) is 3.44. The Bertz CT molecular complexity index is 567. The zero-order valence-corrected chi connectivity index (χ0v) is 14.2. The lowest BCUT2D eigenvalue weighted by atomic mass is 9.99. The van der Waals surface area contributed by atoms with Gasteiger partial charge >= 0.3 is 5.97 Å². The second-order valence-corrected chi connectivity index (χ2v) is 6.16. The second-order valence-electron chi connectivity index (χ2n) is 6.16. The molecule has 0 bridgehead atoms. The smallest absolute Gasteiger partial charge is 0.328 e. The molecular formula is C17H24N2O4. The Kier molecular flexibility index (Phi) is 6.30. The highest BCUT2D eigenvalue weighted by Crippen LogP contribution is 2.10. The van der Waals surface area contributed by atoms with Crippen molar-refractivity contribution < 1.29 is 19.1 Å². The summed E-state index contributed by atoms with van der Waals surface area (Å²) in [5, 5.41) is 5.31. The molecule has 0 heterocycles. The number of esters is 1. The Morgan fingerprint density at radius 1 is 1.09 bits per heavy atom. The van der Waals surface area contributed by atoms with E-state index in [1.807, 2.05) is 0 Å². The fourth-order valence-corrected chi connectivity index (χ4v) is 1.95. The van der Waals surface area contributed by atoms with Crippen molar-refractivity contribution in [3.63, 3.8) is 0 Å². The zero-order valence-electron chi connectivity index (χ0n) is 14.2. The lowest BCUT2D eigenvalue weighted by Crippen LogP contribution is -2.58. The van der Waals surface area contributed by atoms with Gasteiger partial charge in [0.2, 0.25) is 5.91 Å². The molecule has 0 aliphatic heterocycles. The van der Waals surface area contributed by atoms with Crippen molar-refractivity contribution in [1.82, 2.24) is 10.6 Å². The average molecular weight is 320 g/mol. The number of carbonyl (C=O) groups excluding carboxylic acids is 3. The van der Waals surface area contributed by atoms with Crippen molar-refractivity contribution in [2.24, 2.45) is 5.92 Å². The van der Waals surface area contributed by atoms with Gasteiger partial charge in [0, 0.05) is 5.56 Å². The normalized spacial score (nSPS) is 12.4. The molecule has 0 aromatic heterocycles. The number of hydrogen-bond donors (Lipinski definition) is 2. The summed E-state index contributed by atoms with van der Waals surface area (Å²) in [5.41, 5.74) is -0.713. The van der Waals surface area contributed by atoms with E-state index in [0.29, 0.717) is 5.56 Å². The molecule has 0 unspecified atom stereocenters.